The molecule has 2 aromatic rings. The topological polar surface area (TPSA) is 109 Å². The summed E-state index contributed by atoms with van der Waals surface area (Å²) in [5.41, 5.74) is 0.483. The number of hydrogen-bond donors (Lipinski definition) is 1. The first-order chi connectivity index (χ1) is 12.4. The minimum atomic E-state index is -0.477. The Balaban J connectivity index is 1.67. The Morgan fingerprint density at radius 1 is 1.12 bits per heavy atom. The normalized spacial score (nSPS) is 14.2. The number of amides is 3. The van der Waals surface area contributed by atoms with Crippen molar-refractivity contribution in [3.8, 4) is 0 Å². The molecule has 0 atom stereocenters. The molecule has 1 saturated heterocycles. The summed E-state index contributed by atoms with van der Waals surface area (Å²) < 4.78 is 4.89. The highest BCUT2D eigenvalue weighted by Gasteiger charge is 2.24. The van der Waals surface area contributed by atoms with Gasteiger partial charge in [0.25, 0.3) is 11.8 Å². The second-order valence-corrected chi connectivity index (χ2v) is 6.00. The maximum atomic E-state index is 12.6. The van der Waals surface area contributed by atoms with Crippen LogP contribution in [0.5, 0.6) is 0 Å². The van der Waals surface area contributed by atoms with Crippen molar-refractivity contribution in [2.45, 2.75) is 13.8 Å². The molecule has 9 nitrogen and oxygen atoms in total. The van der Waals surface area contributed by atoms with Crippen LogP contribution < -0.4 is 5.32 Å². The van der Waals surface area contributed by atoms with Gasteiger partial charge in [0.1, 0.15) is 11.5 Å². The van der Waals surface area contributed by atoms with Gasteiger partial charge in [-0.05, 0) is 19.1 Å². The molecule has 3 heterocycles. The molecule has 1 aliphatic rings. The van der Waals surface area contributed by atoms with Crippen LogP contribution in [0.2, 0.25) is 0 Å². The van der Waals surface area contributed by atoms with Gasteiger partial charge in [-0.2, -0.15) is 0 Å². The lowest BCUT2D eigenvalue weighted by Crippen LogP contribution is -2.50. The second-order valence-electron chi connectivity index (χ2n) is 6.00. The predicted molar refractivity (Wildman–Crippen MR) is 91.6 cm³/mol. The Bertz CT molecular complexity index is 839. The van der Waals surface area contributed by atoms with Crippen LogP contribution in [0.3, 0.4) is 0 Å². The van der Waals surface area contributed by atoms with E-state index in [4.69, 9.17) is 4.52 Å². The van der Waals surface area contributed by atoms with Crippen molar-refractivity contribution >= 4 is 23.5 Å². The van der Waals surface area contributed by atoms with Crippen molar-refractivity contribution in [1.82, 2.24) is 19.9 Å². The molecule has 136 valence electrons. The van der Waals surface area contributed by atoms with Crippen molar-refractivity contribution in [3.05, 3.63) is 41.4 Å². The van der Waals surface area contributed by atoms with Crippen LogP contribution >= 0.6 is 0 Å². The van der Waals surface area contributed by atoms with E-state index in [-0.39, 0.29) is 23.3 Å². The van der Waals surface area contributed by atoms with Gasteiger partial charge >= 0.3 is 0 Å². The lowest BCUT2D eigenvalue weighted by Gasteiger charge is -2.34. The zero-order chi connectivity index (χ0) is 18.7. The third-order valence-corrected chi connectivity index (χ3v) is 4.12. The summed E-state index contributed by atoms with van der Waals surface area (Å²) >= 11 is 0. The van der Waals surface area contributed by atoms with E-state index in [1.165, 1.54) is 19.2 Å². The Morgan fingerprint density at radius 3 is 2.42 bits per heavy atom. The molecular weight excluding hydrogens is 338 g/mol. The van der Waals surface area contributed by atoms with Gasteiger partial charge in [-0.25, -0.2) is 0 Å². The van der Waals surface area contributed by atoms with Crippen molar-refractivity contribution in [3.63, 3.8) is 0 Å². The van der Waals surface area contributed by atoms with Crippen molar-refractivity contribution in [2.24, 2.45) is 0 Å². The molecule has 3 amide bonds. The number of hydrogen-bond acceptors (Lipinski definition) is 6. The van der Waals surface area contributed by atoms with Gasteiger partial charge in [0.15, 0.2) is 5.82 Å². The summed E-state index contributed by atoms with van der Waals surface area (Å²) in [5.74, 6) is 0.188. The first-order valence-electron chi connectivity index (χ1n) is 8.19. The molecule has 1 fully saturated rings. The standard InChI is InChI=1S/C17H19N5O4/c1-11-9-15(20-26-11)19-16(24)14-10-13(3-4-18-14)17(25)22-7-5-21(6-8-22)12(2)23/h3-4,9-10H,5-8H2,1-2H3,(H,19,20,24). The minimum absolute atomic E-state index is 0.00283. The van der Waals surface area contributed by atoms with Crippen molar-refractivity contribution in [1.29, 1.82) is 0 Å². The second kappa shape index (κ2) is 7.34. The van der Waals surface area contributed by atoms with Crippen LogP contribution in [0, 0.1) is 6.92 Å². The highest BCUT2D eigenvalue weighted by Crippen LogP contribution is 2.12. The first-order valence-corrected chi connectivity index (χ1v) is 8.19. The summed E-state index contributed by atoms with van der Waals surface area (Å²) in [5, 5.41) is 6.26. The van der Waals surface area contributed by atoms with Gasteiger partial charge in [0.2, 0.25) is 5.91 Å². The maximum Gasteiger partial charge on any atom is 0.275 e. The fourth-order valence-electron chi connectivity index (χ4n) is 2.70. The van der Waals surface area contributed by atoms with Gasteiger partial charge in [0.05, 0.1) is 0 Å². The highest BCUT2D eigenvalue weighted by atomic mass is 16.5. The van der Waals surface area contributed by atoms with Crippen LogP contribution in [0.15, 0.2) is 28.9 Å². The summed E-state index contributed by atoms with van der Waals surface area (Å²) in [6.45, 7) is 5.16. The maximum absolute atomic E-state index is 12.6. The molecular formula is C17H19N5O4. The SMILES string of the molecule is CC(=O)N1CCN(C(=O)c2ccnc(C(=O)Nc3cc(C)on3)c2)CC1. The van der Waals surface area contributed by atoms with Crippen LogP contribution in [0.1, 0.15) is 33.5 Å². The fourth-order valence-corrected chi connectivity index (χ4v) is 2.70. The zero-order valence-electron chi connectivity index (χ0n) is 14.6. The Labute approximate surface area is 150 Å². The molecule has 3 rings (SSSR count). The number of aromatic nitrogens is 2. The van der Waals surface area contributed by atoms with Gasteiger partial charge in [-0.1, -0.05) is 5.16 Å². The number of carbonyl (C=O) groups excluding carboxylic acids is 3. The number of anilines is 1. The number of aryl methyl sites for hydroxylation is 1. The molecule has 0 unspecified atom stereocenters. The van der Waals surface area contributed by atoms with E-state index in [9.17, 15) is 14.4 Å². The average Bonchev–Trinajstić information content (AvgIpc) is 3.06. The van der Waals surface area contributed by atoms with Gasteiger partial charge in [-0.15, -0.1) is 0 Å². The largest absolute Gasteiger partial charge is 0.360 e. The van der Waals surface area contributed by atoms with E-state index in [0.717, 1.165) is 0 Å². The fraction of sp³-hybridized carbons (Fsp3) is 0.353. The van der Waals surface area contributed by atoms with Crippen LogP contribution in [0.4, 0.5) is 5.82 Å². The van der Waals surface area contributed by atoms with E-state index in [0.29, 0.717) is 37.5 Å². The molecule has 0 aromatic carbocycles. The quantitative estimate of drug-likeness (QED) is 0.875. The zero-order valence-corrected chi connectivity index (χ0v) is 14.6. The molecule has 9 heteroatoms. The summed E-state index contributed by atoms with van der Waals surface area (Å²) in [4.78, 5) is 43.7. The number of nitrogens with one attached hydrogen (secondary N) is 1. The highest BCUT2D eigenvalue weighted by molar-refractivity contribution is 6.04. The first kappa shape index (κ1) is 17.6. The summed E-state index contributed by atoms with van der Waals surface area (Å²) in [6.07, 6.45) is 1.42. The van der Waals surface area contributed by atoms with Crippen molar-refractivity contribution < 1.29 is 18.9 Å². The monoisotopic (exact) mass is 357 g/mol. The summed E-state index contributed by atoms with van der Waals surface area (Å²) in [7, 11) is 0. The molecule has 0 radical (unpaired) electrons. The van der Waals surface area contributed by atoms with Crippen LogP contribution in [0.25, 0.3) is 0 Å². The third-order valence-electron chi connectivity index (χ3n) is 4.12. The van der Waals surface area contributed by atoms with Gasteiger partial charge in [-0.3, -0.25) is 19.4 Å². The molecule has 1 aliphatic heterocycles. The van der Waals surface area contributed by atoms with E-state index in [1.807, 2.05) is 0 Å². The minimum Gasteiger partial charge on any atom is -0.360 e. The lowest BCUT2D eigenvalue weighted by atomic mass is 10.1. The third kappa shape index (κ3) is 3.88. The smallest absolute Gasteiger partial charge is 0.275 e. The summed E-state index contributed by atoms with van der Waals surface area (Å²) in [6, 6.07) is 4.60. The number of rotatable bonds is 3. The van der Waals surface area contributed by atoms with E-state index in [1.54, 1.807) is 28.9 Å². The Kier molecular flexibility index (Phi) is 4.97. The molecule has 0 bridgehead atoms. The Morgan fingerprint density at radius 2 is 1.81 bits per heavy atom. The van der Waals surface area contributed by atoms with Crippen molar-refractivity contribution in [2.75, 3.05) is 31.5 Å². The number of nitrogens with zero attached hydrogens (tertiary/aromatic N) is 4. The van der Waals surface area contributed by atoms with Gasteiger partial charge < -0.3 is 19.6 Å². The van der Waals surface area contributed by atoms with E-state index in [2.05, 4.69) is 15.5 Å². The van der Waals surface area contributed by atoms with Gasteiger partial charge in [0, 0.05) is 50.9 Å². The number of pyridine rings is 1. The molecule has 0 spiro atoms. The molecule has 26 heavy (non-hydrogen) atoms. The number of carbonyl (C=O) groups is 3. The molecule has 0 saturated carbocycles. The predicted octanol–water partition coefficient (Wildman–Crippen LogP) is 0.935. The van der Waals surface area contributed by atoms with Crippen LogP contribution in [-0.4, -0.2) is 63.8 Å². The molecule has 1 N–H and O–H groups in total. The van der Waals surface area contributed by atoms with Crippen LogP contribution in [-0.2, 0) is 4.79 Å². The van der Waals surface area contributed by atoms with E-state index >= 15 is 0 Å². The molecule has 0 aliphatic carbocycles. The molecule has 2 aromatic heterocycles. The number of piperazine rings is 1. The lowest BCUT2D eigenvalue weighted by molar-refractivity contribution is -0.130. The van der Waals surface area contributed by atoms with E-state index < -0.39 is 5.91 Å². The Hall–Kier alpha value is -3.23. The average molecular weight is 357 g/mol.